The maximum absolute atomic E-state index is 12.6. The molecule has 0 bridgehead atoms. The van der Waals surface area contributed by atoms with Gasteiger partial charge in [-0.15, -0.1) is 0 Å². The molecule has 0 saturated carbocycles. The van der Waals surface area contributed by atoms with Crippen molar-refractivity contribution in [3.05, 3.63) is 23.4 Å². The first kappa shape index (κ1) is 14.8. The minimum atomic E-state index is -0.110. The molecule has 0 radical (unpaired) electrons. The SMILES string of the molecule is CC1CCN(C(=O)c2cc(N)nc(C(C)(C)C)c2)CC1. The number of amides is 1. The molecule has 2 heterocycles. The number of nitrogen functional groups attached to an aromatic ring is 1. The summed E-state index contributed by atoms with van der Waals surface area (Å²) in [5, 5.41) is 0. The van der Waals surface area contributed by atoms with Gasteiger partial charge in [0, 0.05) is 29.8 Å². The fourth-order valence-electron chi connectivity index (χ4n) is 2.45. The second-order valence-electron chi connectivity index (χ2n) is 6.89. The number of aromatic nitrogens is 1. The third kappa shape index (κ3) is 3.30. The topological polar surface area (TPSA) is 59.2 Å². The Bertz CT molecular complexity index is 497. The van der Waals surface area contributed by atoms with Crippen molar-refractivity contribution in [3.63, 3.8) is 0 Å². The summed E-state index contributed by atoms with van der Waals surface area (Å²) < 4.78 is 0. The third-order valence-corrected chi connectivity index (χ3v) is 3.93. The van der Waals surface area contributed by atoms with Crippen LogP contribution >= 0.6 is 0 Å². The van der Waals surface area contributed by atoms with Gasteiger partial charge in [-0.1, -0.05) is 27.7 Å². The molecule has 1 aromatic rings. The van der Waals surface area contributed by atoms with Gasteiger partial charge in [-0.3, -0.25) is 4.79 Å². The minimum Gasteiger partial charge on any atom is -0.384 e. The molecule has 0 atom stereocenters. The average molecular weight is 275 g/mol. The molecule has 20 heavy (non-hydrogen) atoms. The van der Waals surface area contributed by atoms with E-state index in [0.29, 0.717) is 17.3 Å². The number of piperidine rings is 1. The summed E-state index contributed by atoms with van der Waals surface area (Å²) in [7, 11) is 0. The molecule has 0 spiro atoms. The van der Waals surface area contributed by atoms with Crippen molar-refractivity contribution >= 4 is 11.7 Å². The van der Waals surface area contributed by atoms with Gasteiger partial charge in [0.25, 0.3) is 5.91 Å². The van der Waals surface area contributed by atoms with Crippen LogP contribution in [0, 0.1) is 5.92 Å². The van der Waals surface area contributed by atoms with Crippen LogP contribution in [0.4, 0.5) is 5.82 Å². The van der Waals surface area contributed by atoms with E-state index < -0.39 is 0 Å². The molecule has 0 aliphatic carbocycles. The minimum absolute atomic E-state index is 0.0801. The van der Waals surface area contributed by atoms with Crippen LogP contribution in [-0.4, -0.2) is 28.9 Å². The molecule has 1 amide bonds. The predicted octanol–water partition coefficient (Wildman–Crippen LogP) is 2.83. The van der Waals surface area contributed by atoms with Gasteiger partial charge < -0.3 is 10.6 Å². The second-order valence-corrected chi connectivity index (χ2v) is 6.89. The van der Waals surface area contributed by atoms with Crippen molar-refractivity contribution in [3.8, 4) is 0 Å². The van der Waals surface area contributed by atoms with Gasteiger partial charge in [0.15, 0.2) is 0 Å². The van der Waals surface area contributed by atoms with Crippen LogP contribution < -0.4 is 5.73 Å². The van der Waals surface area contributed by atoms with E-state index in [9.17, 15) is 4.79 Å². The van der Waals surface area contributed by atoms with E-state index in [-0.39, 0.29) is 11.3 Å². The number of likely N-dealkylation sites (tertiary alicyclic amines) is 1. The van der Waals surface area contributed by atoms with Crippen molar-refractivity contribution in [2.24, 2.45) is 5.92 Å². The number of nitrogens with zero attached hydrogens (tertiary/aromatic N) is 2. The quantitative estimate of drug-likeness (QED) is 0.857. The normalized spacial score (nSPS) is 17.3. The van der Waals surface area contributed by atoms with Crippen LogP contribution in [0.15, 0.2) is 12.1 Å². The first-order valence-electron chi connectivity index (χ1n) is 7.34. The highest BCUT2D eigenvalue weighted by Gasteiger charge is 2.24. The molecule has 1 saturated heterocycles. The molecule has 1 aliphatic heterocycles. The number of anilines is 1. The molecule has 4 nitrogen and oxygen atoms in total. The number of rotatable bonds is 1. The van der Waals surface area contributed by atoms with Crippen molar-refractivity contribution in [2.45, 2.75) is 46.0 Å². The summed E-state index contributed by atoms with van der Waals surface area (Å²) in [6, 6.07) is 3.58. The summed E-state index contributed by atoms with van der Waals surface area (Å²) in [4.78, 5) is 18.9. The third-order valence-electron chi connectivity index (χ3n) is 3.93. The highest BCUT2D eigenvalue weighted by Crippen LogP contribution is 2.24. The fourth-order valence-corrected chi connectivity index (χ4v) is 2.45. The zero-order chi connectivity index (χ0) is 14.9. The zero-order valence-corrected chi connectivity index (χ0v) is 12.9. The lowest BCUT2D eigenvalue weighted by atomic mass is 9.90. The molecular weight excluding hydrogens is 250 g/mol. The summed E-state index contributed by atoms with van der Waals surface area (Å²) in [5.74, 6) is 1.22. The number of carbonyl (C=O) groups excluding carboxylic acids is 1. The number of hydrogen-bond donors (Lipinski definition) is 1. The van der Waals surface area contributed by atoms with Crippen LogP contribution in [0.2, 0.25) is 0 Å². The van der Waals surface area contributed by atoms with E-state index in [1.807, 2.05) is 11.0 Å². The molecule has 1 aliphatic rings. The van der Waals surface area contributed by atoms with Crippen LogP contribution in [-0.2, 0) is 5.41 Å². The van der Waals surface area contributed by atoms with Gasteiger partial charge >= 0.3 is 0 Å². The van der Waals surface area contributed by atoms with Crippen molar-refractivity contribution in [1.82, 2.24) is 9.88 Å². The Morgan fingerprint density at radius 2 is 1.90 bits per heavy atom. The van der Waals surface area contributed by atoms with Crippen molar-refractivity contribution in [1.29, 1.82) is 0 Å². The maximum atomic E-state index is 12.6. The van der Waals surface area contributed by atoms with Crippen molar-refractivity contribution in [2.75, 3.05) is 18.8 Å². The second kappa shape index (κ2) is 5.43. The van der Waals surface area contributed by atoms with E-state index in [1.54, 1.807) is 6.07 Å². The number of carbonyl (C=O) groups is 1. The van der Waals surface area contributed by atoms with Crippen molar-refractivity contribution < 1.29 is 4.79 Å². The largest absolute Gasteiger partial charge is 0.384 e. The molecular formula is C16H25N3O. The Labute approximate surface area is 121 Å². The fraction of sp³-hybridized carbons (Fsp3) is 0.625. The molecule has 0 unspecified atom stereocenters. The Morgan fingerprint density at radius 3 is 2.45 bits per heavy atom. The predicted molar refractivity (Wildman–Crippen MR) is 81.7 cm³/mol. The van der Waals surface area contributed by atoms with Crippen LogP contribution in [0.3, 0.4) is 0 Å². The maximum Gasteiger partial charge on any atom is 0.254 e. The number of pyridine rings is 1. The first-order chi connectivity index (χ1) is 9.27. The summed E-state index contributed by atoms with van der Waals surface area (Å²) >= 11 is 0. The molecule has 110 valence electrons. The molecule has 2 rings (SSSR count). The summed E-state index contributed by atoms with van der Waals surface area (Å²) in [6.07, 6.45) is 2.16. The average Bonchev–Trinajstić information content (AvgIpc) is 2.37. The monoisotopic (exact) mass is 275 g/mol. The number of nitrogens with two attached hydrogens (primary N) is 1. The van der Waals surface area contributed by atoms with Gasteiger partial charge in [-0.05, 0) is 30.9 Å². The van der Waals surface area contributed by atoms with Gasteiger partial charge in [-0.2, -0.15) is 0 Å². The van der Waals surface area contributed by atoms with E-state index in [1.165, 1.54) is 0 Å². The molecule has 2 N–H and O–H groups in total. The summed E-state index contributed by atoms with van der Waals surface area (Å²) in [6.45, 7) is 10.1. The molecule has 0 aromatic carbocycles. The Kier molecular flexibility index (Phi) is 4.02. The van der Waals surface area contributed by atoms with E-state index in [4.69, 9.17) is 5.73 Å². The van der Waals surface area contributed by atoms with Gasteiger partial charge in [0.1, 0.15) is 5.82 Å². The van der Waals surface area contributed by atoms with E-state index in [2.05, 4.69) is 32.7 Å². The van der Waals surface area contributed by atoms with Crippen LogP contribution in [0.5, 0.6) is 0 Å². The van der Waals surface area contributed by atoms with Gasteiger partial charge in [0.05, 0.1) is 0 Å². The highest BCUT2D eigenvalue weighted by molar-refractivity contribution is 5.95. The summed E-state index contributed by atoms with van der Waals surface area (Å²) in [5.41, 5.74) is 7.28. The lowest BCUT2D eigenvalue weighted by molar-refractivity contribution is 0.0697. The molecule has 1 fully saturated rings. The van der Waals surface area contributed by atoms with E-state index in [0.717, 1.165) is 31.6 Å². The molecule has 1 aromatic heterocycles. The Balaban J connectivity index is 2.24. The lowest BCUT2D eigenvalue weighted by Gasteiger charge is -2.30. The standard InChI is InChI=1S/C16H25N3O/c1-11-5-7-19(8-6-11)15(20)12-9-13(16(2,3)4)18-14(17)10-12/h9-11H,5-8H2,1-4H3,(H2,17,18). The van der Waals surface area contributed by atoms with E-state index >= 15 is 0 Å². The van der Waals surface area contributed by atoms with Gasteiger partial charge in [-0.25, -0.2) is 4.98 Å². The zero-order valence-electron chi connectivity index (χ0n) is 12.9. The smallest absolute Gasteiger partial charge is 0.254 e. The Hall–Kier alpha value is -1.58. The lowest BCUT2D eigenvalue weighted by Crippen LogP contribution is -2.38. The van der Waals surface area contributed by atoms with Crippen LogP contribution in [0.25, 0.3) is 0 Å². The van der Waals surface area contributed by atoms with Crippen LogP contribution in [0.1, 0.15) is 56.6 Å². The number of hydrogen-bond acceptors (Lipinski definition) is 3. The Morgan fingerprint density at radius 1 is 1.30 bits per heavy atom. The highest BCUT2D eigenvalue weighted by atomic mass is 16.2. The van der Waals surface area contributed by atoms with Gasteiger partial charge in [0.2, 0.25) is 0 Å². The molecule has 4 heteroatoms. The first-order valence-corrected chi connectivity index (χ1v) is 7.34.